The molecule has 9 nitrogen and oxygen atoms in total. The van der Waals surface area contributed by atoms with E-state index in [2.05, 4.69) is 15.8 Å². The summed E-state index contributed by atoms with van der Waals surface area (Å²) >= 11 is 5.81. The highest BCUT2D eigenvalue weighted by Crippen LogP contribution is 2.15. The van der Waals surface area contributed by atoms with Crippen molar-refractivity contribution in [3.8, 4) is 5.75 Å². The second-order valence-corrected chi connectivity index (χ2v) is 6.86. The van der Waals surface area contributed by atoms with E-state index in [-0.39, 0.29) is 23.8 Å². The molecule has 3 aromatic rings. The van der Waals surface area contributed by atoms with Gasteiger partial charge >= 0.3 is 0 Å². The molecule has 0 atom stereocenters. The molecule has 0 spiro atoms. The fraction of sp³-hybridized carbons (Fsp3) is 0.0455. The molecule has 32 heavy (non-hydrogen) atoms. The largest absolute Gasteiger partial charge is 0.484 e. The summed E-state index contributed by atoms with van der Waals surface area (Å²) in [6.07, 6.45) is 1.41. The fourth-order valence-corrected chi connectivity index (χ4v) is 2.65. The summed E-state index contributed by atoms with van der Waals surface area (Å²) in [5, 5.41) is 17.8. The molecule has 2 amide bonds. The molecule has 0 aliphatic carbocycles. The van der Waals surface area contributed by atoms with E-state index in [0.29, 0.717) is 22.0 Å². The van der Waals surface area contributed by atoms with Crippen LogP contribution in [0.25, 0.3) is 0 Å². The fourth-order valence-electron chi connectivity index (χ4n) is 2.53. The van der Waals surface area contributed by atoms with Gasteiger partial charge in [-0.15, -0.1) is 0 Å². The molecule has 0 aliphatic heterocycles. The number of hydrazone groups is 1. The summed E-state index contributed by atoms with van der Waals surface area (Å²) in [7, 11) is 0. The number of nitrogens with one attached hydrogen (secondary N) is 2. The van der Waals surface area contributed by atoms with Gasteiger partial charge in [0.15, 0.2) is 6.61 Å². The van der Waals surface area contributed by atoms with Crippen molar-refractivity contribution in [3.63, 3.8) is 0 Å². The molecule has 0 saturated heterocycles. The van der Waals surface area contributed by atoms with E-state index in [0.717, 1.165) is 0 Å². The van der Waals surface area contributed by atoms with Gasteiger partial charge in [0.25, 0.3) is 17.5 Å². The molecule has 0 aliphatic rings. The highest BCUT2D eigenvalue weighted by molar-refractivity contribution is 6.30. The van der Waals surface area contributed by atoms with Crippen molar-refractivity contribution in [3.05, 3.63) is 99.1 Å². The summed E-state index contributed by atoms with van der Waals surface area (Å²) in [6, 6.07) is 18.6. The Balaban J connectivity index is 1.51. The van der Waals surface area contributed by atoms with E-state index in [1.807, 2.05) is 0 Å². The van der Waals surface area contributed by atoms with E-state index in [1.165, 1.54) is 30.5 Å². The lowest BCUT2D eigenvalue weighted by Crippen LogP contribution is -2.20. The van der Waals surface area contributed by atoms with Crippen LogP contribution in [0, 0.1) is 10.1 Å². The highest BCUT2D eigenvalue weighted by Gasteiger charge is 2.08. The molecule has 0 saturated carbocycles. The Hall–Kier alpha value is -4.24. The number of hydrogen-bond donors (Lipinski definition) is 2. The van der Waals surface area contributed by atoms with Crippen LogP contribution in [0.15, 0.2) is 77.9 Å². The summed E-state index contributed by atoms with van der Waals surface area (Å²) in [5.74, 6) is -0.397. The number of non-ortho nitro benzene ring substituents is 1. The van der Waals surface area contributed by atoms with Gasteiger partial charge in [-0.25, -0.2) is 5.43 Å². The Morgan fingerprint density at radius 1 is 1.06 bits per heavy atom. The van der Waals surface area contributed by atoms with Crippen LogP contribution in [0.1, 0.15) is 15.9 Å². The lowest BCUT2D eigenvalue weighted by molar-refractivity contribution is -0.384. The minimum atomic E-state index is -0.545. The molecule has 0 radical (unpaired) electrons. The third-order valence-electron chi connectivity index (χ3n) is 4.08. The van der Waals surface area contributed by atoms with Gasteiger partial charge in [-0.3, -0.25) is 19.7 Å². The van der Waals surface area contributed by atoms with E-state index in [4.69, 9.17) is 16.3 Å². The standard InChI is InChI=1S/C22H17ClN4O5/c23-17-6-8-18(9-7-17)25-21(28)14-32-20-3-1-2-15(12-20)13-24-26-22(29)16-4-10-19(11-5-16)27(30)31/h1-13H,14H2,(H,25,28)(H,26,29)/b24-13+. The molecule has 162 valence electrons. The summed E-state index contributed by atoms with van der Waals surface area (Å²) in [6.45, 7) is -0.194. The molecule has 0 heterocycles. The maximum Gasteiger partial charge on any atom is 0.271 e. The Morgan fingerprint density at radius 3 is 2.47 bits per heavy atom. The molecule has 0 fully saturated rings. The zero-order valence-electron chi connectivity index (χ0n) is 16.5. The molecule has 10 heteroatoms. The van der Waals surface area contributed by atoms with Crippen LogP contribution in [-0.2, 0) is 4.79 Å². The Morgan fingerprint density at radius 2 is 1.78 bits per heavy atom. The molecular formula is C22H17ClN4O5. The summed E-state index contributed by atoms with van der Waals surface area (Å²) < 4.78 is 5.49. The van der Waals surface area contributed by atoms with Crippen LogP contribution < -0.4 is 15.5 Å². The maximum atomic E-state index is 12.1. The van der Waals surface area contributed by atoms with Crippen LogP contribution in [0.3, 0.4) is 0 Å². The predicted molar refractivity (Wildman–Crippen MR) is 120 cm³/mol. The van der Waals surface area contributed by atoms with Gasteiger partial charge in [0.2, 0.25) is 0 Å². The molecule has 0 bridgehead atoms. The second-order valence-electron chi connectivity index (χ2n) is 6.42. The number of anilines is 1. The first-order valence-electron chi connectivity index (χ1n) is 9.27. The van der Waals surface area contributed by atoms with Gasteiger partial charge in [-0.05, 0) is 54.1 Å². The van der Waals surface area contributed by atoms with Crippen molar-refractivity contribution in [1.82, 2.24) is 5.43 Å². The van der Waals surface area contributed by atoms with Gasteiger partial charge < -0.3 is 10.1 Å². The van der Waals surface area contributed by atoms with Gasteiger partial charge in [-0.2, -0.15) is 5.10 Å². The molecular weight excluding hydrogens is 436 g/mol. The van der Waals surface area contributed by atoms with Gasteiger partial charge in [0, 0.05) is 28.4 Å². The summed E-state index contributed by atoms with van der Waals surface area (Å²) in [5.41, 5.74) is 3.70. The normalized spacial score (nSPS) is 10.5. The third kappa shape index (κ3) is 6.64. The number of carbonyl (C=O) groups is 2. The number of halogens is 1. The third-order valence-corrected chi connectivity index (χ3v) is 4.33. The van der Waals surface area contributed by atoms with Crippen molar-refractivity contribution in [1.29, 1.82) is 0 Å². The first-order chi connectivity index (χ1) is 15.4. The molecule has 2 N–H and O–H groups in total. The van der Waals surface area contributed by atoms with Crippen molar-refractivity contribution < 1.29 is 19.2 Å². The van der Waals surface area contributed by atoms with Crippen LogP contribution in [-0.4, -0.2) is 29.6 Å². The Kier molecular flexibility index (Phi) is 7.50. The van der Waals surface area contributed by atoms with Crippen molar-refractivity contribution >= 4 is 41.0 Å². The number of benzene rings is 3. The minimum Gasteiger partial charge on any atom is -0.484 e. The zero-order chi connectivity index (χ0) is 22.9. The monoisotopic (exact) mass is 452 g/mol. The minimum absolute atomic E-state index is 0.108. The number of nitrogens with zero attached hydrogens (tertiary/aromatic N) is 2. The molecule has 0 aromatic heterocycles. The number of rotatable bonds is 8. The topological polar surface area (TPSA) is 123 Å². The Bertz CT molecular complexity index is 1150. The molecule has 3 aromatic carbocycles. The second kappa shape index (κ2) is 10.7. The van der Waals surface area contributed by atoms with E-state index in [9.17, 15) is 19.7 Å². The van der Waals surface area contributed by atoms with Crippen LogP contribution in [0.4, 0.5) is 11.4 Å². The van der Waals surface area contributed by atoms with E-state index >= 15 is 0 Å². The average molecular weight is 453 g/mol. The number of ether oxygens (including phenoxy) is 1. The summed E-state index contributed by atoms with van der Waals surface area (Å²) in [4.78, 5) is 34.2. The van der Waals surface area contributed by atoms with Gasteiger partial charge in [-0.1, -0.05) is 23.7 Å². The van der Waals surface area contributed by atoms with Gasteiger partial charge in [0.05, 0.1) is 11.1 Å². The quantitative estimate of drug-likeness (QED) is 0.303. The number of nitro groups is 1. The zero-order valence-corrected chi connectivity index (χ0v) is 17.3. The Labute approximate surface area is 187 Å². The number of nitro benzene ring substituents is 1. The maximum absolute atomic E-state index is 12.1. The molecule has 0 unspecified atom stereocenters. The van der Waals surface area contributed by atoms with E-state index in [1.54, 1.807) is 48.5 Å². The predicted octanol–water partition coefficient (Wildman–Crippen LogP) is 4.03. The first-order valence-corrected chi connectivity index (χ1v) is 9.64. The van der Waals surface area contributed by atoms with Crippen LogP contribution >= 0.6 is 11.6 Å². The first kappa shape index (κ1) is 22.4. The average Bonchev–Trinajstić information content (AvgIpc) is 2.79. The lowest BCUT2D eigenvalue weighted by Gasteiger charge is -2.08. The lowest BCUT2D eigenvalue weighted by atomic mass is 10.2. The number of amides is 2. The van der Waals surface area contributed by atoms with Crippen molar-refractivity contribution in [2.45, 2.75) is 0 Å². The number of hydrogen-bond acceptors (Lipinski definition) is 6. The van der Waals surface area contributed by atoms with E-state index < -0.39 is 10.8 Å². The van der Waals surface area contributed by atoms with Crippen molar-refractivity contribution in [2.24, 2.45) is 5.10 Å². The van der Waals surface area contributed by atoms with Gasteiger partial charge in [0.1, 0.15) is 5.75 Å². The van der Waals surface area contributed by atoms with Crippen LogP contribution in [0.5, 0.6) is 5.75 Å². The SMILES string of the molecule is O=C(COc1cccc(/C=N/NC(=O)c2ccc([N+](=O)[O-])cc2)c1)Nc1ccc(Cl)cc1. The number of carbonyl (C=O) groups excluding carboxylic acids is 2. The highest BCUT2D eigenvalue weighted by atomic mass is 35.5. The van der Waals surface area contributed by atoms with Crippen molar-refractivity contribution in [2.75, 3.05) is 11.9 Å². The smallest absolute Gasteiger partial charge is 0.271 e. The van der Waals surface area contributed by atoms with Crippen LogP contribution in [0.2, 0.25) is 5.02 Å². The molecule has 3 rings (SSSR count).